The molecule has 0 amide bonds. The second-order valence-corrected chi connectivity index (χ2v) is 7.93. The van der Waals surface area contributed by atoms with Crippen molar-refractivity contribution in [1.82, 2.24) is 4.57 Å². The molecule has 2 rings (SSSR count). The molecule has 0 aliphatic carbocycles. The van der Waals surface area contributed by atoms with Gasteiger partial charge in [-0.25, -0.2) is 0 Å². The van der Waals surface area contributed by atoms with Crippen molar-refractivity contribution in [3.8, 4) is 0 Å². The Labute approximate surface area is 187 Å². The van der Waals surface area contributed by atoms with Gasteiger partial charge in [-0.3, -0.25) is 9.36 Å². The third kappa shape index (κ3) is 8.92. The normalized spacial score (nSPS) is 12.0. The third-order valence-electron chi connectivity index (χ3n) is 5.40. The number of carbonyl (C=O) groups excluding carboxylic acids is 2. The van der Waals surface area contributed by atoms with Crippen molar-refractivity contribution in [3.05, 3.63) is 72.5 Å². The summed E-state index contributed by atoms with van der Waals surface area (Å²) in [4.78, 5) is 23.6. The summed E-state index contributed by atoms with van der Waals surface area (Å²) in [6.45, 7) is 2.23. The first kappa shape index (κ1) is 24.6. The molecule has 0 bridgehead atoms. The predicted molar refractivity (Wildman–Crippen MR) is 132 cm³/mol. The van der Waals surface area contributed by atoms with E-state index in [9.17, 15) is 9.59 Å². The van der Waals surface area contributed by atoms with Crippen LogP contribution in [0.5, 0.6) is 0 Å². The van der Waals surface area contributed by atoms with Crippen LogP contribution >= 0.6 is 0 Å². The second-order valence-electron chi connectivity index (χ2n) is 7.93. The minimum Gasteiger partial charge on any atom is -0.303 e. The smallest absolute Gasteiger partial charge is 0.231 e. The van der Waals surface area contributed by atoms with Gasteiger partial charge in [-0.1, -0.05) is 74.4 Å². The SMILES string of the molecule is CCCCC/C=C/C/C=C/C/C=C/CCCCC(=O)n1cc(CC=O)c2ccccc21. The van der Waals surface area contributed by atoms with Crippen LogP contribution in [0.4, 0.5) is 0 Å². The number of hydrogen-bond acceptors (Lipinski definition) is 2. The maximum Gasteiger partial charge on any atom is 0.231 e. The molecule has 1 aromatic carbocycles. The molecule has 0 unspecified atom stereocenters. The number of aldehydes is 1. The molecule has 0 fully saturated rings. The molecule has 0 aliphatic rings. The summed E-state index contributed by atoms with van der Waals surface area (Å²) < 4.78 is 1.72. The number of rotatable bonds is 15. The molecule has 0 spiro atoms. The first-order chi connectivity index (χ1) is 15.3. The number of unbranched alkanes of at least 4 members (excludes halogenated alkanes) is 5. The lowest BCUT2D eigenvalue weighted by Gasteiger charge is -2.03. The largest absolute Gasteiger partial charge is 0.303 e. The van der Waals surface area contributed by atoms with E-state index >= 15 is 0 Å². The molecule has 3 nitrogen and oxygen atoms in total. The maximum absolute atomic E-state index is 12.7. The van der Waals surface area contributed by atoms with Crippen LogP contribution < -0.4 is 0 Å². The molecule has 166 valence electrons. The fourth-order valence-electron chi connectivity index (χ4n) is 3.66. The molecule has 0 N–H and O–H groups in total. The van der Waals surface area contributed by atoms with Crippen molar-refractivity contribution >= 4 is 23.1 Å². The minimum absolute atomic E-state index is 0.100. The zero-order valence-electron chi connectivity index (χ0n) is 19.0. The quantitative estimate of drug-likeness (QED) is 0.169. The number of hydrogen-bond donors (Lipinski definition) is 0. The summed E-state index contributed by atoms with van der Waals surface area (Å²) in [6.07, 6.45) is 27.0. The molecule has 3 heteroatoms. The Hall–Kier alpha value is -2.68. The molecular formula is C28H37NO2. The lowest BCUT2D eigenvalue weighted by molar-refractivity contribution is -0.107. The lowest BCUT2D eigenvalue weighted by Crippen LogP contribution is -2.08. The Morgan fingerprint density at radius 2 is 1.52 bits per heavy atom. The molecule has 1 aromatic heterocycles. The molecule has 31 heavy (non-hydrogen) atoms. The highest BCUT2D eigenvalue weighted by Gasteiger charge is 2.12. The van der Waals surface area contributed by atoms with Gasteiger partial charge in [0.25, 0.3) is 0 Å². The van der Waals surface area contributed by atoms with Crippen molar-refractivity contribution in [3.63, 3.8) is 0 Å². The zero-order valence-corrected chi connectivity index (χ0v) is 19.0. The van der Waals surface area contributed by atoms with Crippen LogP contribution in [-0.2, 0) is 11.2 Å². The summed E-state index contributed by atoms with van der Waals surface area (Å²) in [5, 5.41) is 0.992. The van der Waals surface area contributed by atoms with Gasteiger partial charge in [-0.2, -0.15) is 0 Å². The average Bonchev–Trinajstić information content (AvgIpc) is 3.15. The van der Waals surface area contributed by atoms with Crippen LogP contribution in [0.1, 0.15) is 81.5 Å². The van der Waals surface area contributed by atoms with Gasteiger partial charge in [0.05, 0.1) is 5.52 Å². The van der Waals surface area contributed by atoms with E-state index in [1.807, 2.05) is 30.5 Å². The van der Waals surface area contributed by atoms with Crippen molar-refractivity contribution in [1.29, 1.82) is 0 Å². The summed E-state index contributed by atoms with van der Waals surface area (Å²) in [5.41, 5.74) is 1.81. The predicted octanol–water partition coefficient (Wildman–Crippen LogP) is 7.61. The minimum atomic E-state index is 0.100. The summed E-state index contributed by atoms with van der Waals surface area (Å²) in [6, 6.07) is 7.79. The monoisotopic (exact) mass is 419 g/mol. The number of para-hydroxylation sites is 1. The fourth-order valence-corrected chi connectivity index (χ4v) is 3.66. The lowest BCUT2D eigenvalue weighted by atomic mass is 10.1. The highest BCUT2D eigenvalue weighted by molar-refractivity contribution is 5.95. The van der Waals surface area contributed by atoms with Crippen molar-refractivity contribution < 1.29 is 9.59 Å². The van der Waals surface area contributed by atoms with E-state index in [1.165, 1.54) is 25.7 Å². The van der Waals surface area contributed by atoms with Crippen LogP contribution in [0.25, 0.3) is 10.9 Å². The average molecular weight is 420 g/mol. The highest BCUT2D eigenvalue weighted by Crippen LogP contribution is 2.22. The van der Waals surface area contributed by atoms with Gasteiger partial charge in [0.1, 0.15) is 6.29 Å². The third-order valence-corrected chi connectivity index (χ3v) is 5.40. The van der Waals surface area contributed by atoms with E-state index in [1.54, 1.807) is 4.57 Å². The van der Waals surface area contributed by atoms with Gasteiger partial charge in [-0.05, 0) is 56.6 Å². The number of carbonyl (C=O) groups is 2. The van der Waals surface area contributed by atoms with E-state index in [2.05, 4.69) is 43.4 Å². The summed E-state index contributed by atoms with van der Waals surface area (Å²) in [7, 11) is 0. The first-order valence-electron chi connectivity index (χ1n) is 11.8. The first-order valence-corrected chi connectivity index (χ1v) is 11.8. The van der Waals surface area contributed by atoms with Gasteiger partial charge in [-0.15, -0.1) is 0 Å². The Morgan fingerprint density at radius 3 is 2.19 bits per heavy atom. The van der Waals surface area contributed by atoms with E-state index in [4.69, 9.17) is 0 Å². The number of fused-ring (bicyclic) bond motifs is 1. The Morgan fingerprint density at radius 1 is 0.871 bits per heavy atom. The molecule has 0 aliphatic heterocycles. The van der Waals surface area contributed by atoms with Gasteiger partial charge in [0.15, 0.2) is 0 Å². The second kappa shape index (κ2) is 15.2. The number of benzene rings is 1. The van der Waals surface area contributed by atoms with E-state index in [0.29, 0.717) is 12.8 Å². The molecule has 0 radical (unpaired) electrons. The van der Waals surface area contributed by atoms with Gasteiger partial charge in [0.2, 0.25) is 5.91 Å². The number of allylic oxidation sites excluding steroid dienone is 6. The standard InChI is InChI=1S/C28H37NO2/c1-2-3-4-5-6-7-8-9-10-11-12-13-14-15-16-21-28(31)29-24-25(22-23-30)26-19-17-18-20-27(26)29/h6-7,9-10,12-13,17-20,23-24H,2-5,8,11,14-16,21-22H2,1H3/b7-6+,10-9+,13-12+. The van der Waals surface area contributed by atoms with Crippen molar-refractivity contribution in [2.75, 3.05) is 0 Å². The molecule has 2 aromatic rings. The van der Waals surface area contributed by atoms with E-state index in [-0.39, 0.29) is 5.91 Å². The molecule has 0 atom stereocenters. The summed E-state index contributed by atoms with van der Waals surface area (Å²) >= 11 is 0. The van der Waals surface area contributed by atoms with Gasteiger partial charge in [0, 0.05) is 24.4 Å². The fraction of sp³-hybridized carbons (Fsp3) is 0.429. The maximum atomic E-state index is 12.7. The van der Waals surface area contributed by atoms with Gasteiger partial charge < -0.3 is 4.79 Å². The van der Waals surface area contributed by atoms with E-state index in [0.717, 1.165) is 54.9 Å². The van der Waals surface area contributed by atoms with Gasteiger partial charge >= 0.3 is 0 Å². The topological polar surface area (TPSA) is 39.1 Å². The molecule has 0 saturated carbocycles. The highest BCUT2D eigenvalue weighted by atomic mass is 16.2. The van der Waals surface area contributed by atoms with E-state index < -0.39 is 0 Å². The van der Waals surface area contributed by atoms with Crippen LogP contribution in [-0.4, -0.2) is 16.8 Å². The number of aromatic nitrogens is 1. The Bertz CT molecular complexity index is 886. The molecular weight excluding hydrogens is 382 g/mol. The van der Waals surface area contributed by atoms with Crippen molar-refractivity contribution in [2.24, 2.45) is 0 Å². The van der Waals surface area contributed by atoms with Crippen LogP contribution in [0, 0.1) is 0 Å². The van der Waals surface area contributed by atoms with Crippen LogP contribution in [0.3, 0.4) is 0 Å². The number of nitrogens with zero attached hydrogens (tertiary/aromatic N) is 1. The Kier molecular flexibility index (Phi) is 12.0. The Balaban J connectivity index is 1.63. The molecule has 1 heterocycles. The van der Waals surface area contributed by atoms with Crippen molar-refractivity contribution in [2.45, 2.75) is 77.6 Å². The molecule has 0 saturated heterocycles. The van der Waals surface area contributed by atoms with Crippen LogP contribution in [0.2, 0.25) is 0 Å². The van der Waals surface area contributed by atoms with Crippen LogP contribution in [0.15, 0.2) is 66.9 Å². The zero-order chi connectivity index (χ0) is 22.2. The summed E-state index contributed by atoms with van der Waals surface area (Å²) in [5.74, 6) is 0.100.